The summed E-state index contributed by atoms with van der Waals surface area (Å²) in [5.74, 6) is -0.573. The van der Waals surface area contributed by atoms with E-state index in [4.69, 9.17) is 0 Å². The van der Waals surface area contributed by atoms with E-state index in [1.165, 1.54) is 12.1 Å². The highest BCUT2D eigenvalue weighted by Gasteiger charge is 2.06. The number of halogens is 1. The topological polar surface area (TPSA) is 109 Å². The standard InChI is InChI=1S/C7H9BFNO2S.2H2O/c1-13(11,12)10-7-4-5(8)2-3-6(7)9;;/h2-4,10H,8H2,1H3;2*1H2. The van der Waals surface area contributed by atoms with Crippen LogP contribution < -0.4 is 10.2 Å². The normalized spacial score (nSPS) is 9.73. The van der Waals surface area contributed by atoms with Crippen LogP contribution in [-0.2, 0) is 10.0 Å². The third kappa shape index (κ3) is 5.35. The van der Waals surface area contributed by atoms with E-state index >= 15 is 0 Å². The minimum Gasteiger partial charge on any atom is -0.412 e. The van der Waals surface area contributed by atoms with Gasteiger partial charge in [-0.25, -0.2) is 12.8 Å². The van der Waals surface area contributed by atoms with E-state index in [0.717, 1.165) is 11.7 Å². The quantitative estimate of drug-likeness (QED) is 0.589. The number of hydrogen-bond acceptors (Lipinski definition) is 2. The van der Waals surface area contributed by atoms with Gasteiger partial charge < -0.3 is 11.0 Å². The molecule has 0 saturated heterocycles. The summed E-state index contributed by atoms with van der Waals surface area (Å²) < 4.78 is 36.6. The van der Waals surface area contributed by atoms with Crippen molar-refractivity contribution >= 4 is 29.0 Å². The van der Waals surface area contributed by atoms with Crippen LogP contribution >= 0.6 is 0 Å². The Kier molecular flexibility index (Phi) is 6.19. The summed E-state index contributed by atoms with van der Waals surface area (Å²) in [5.41, 5.74) is 0.787. The summed E-state index contributed by atoms with van der Waals surface area (Å²) in [6.45, 7) is 0. The molecule has 0 aromatic heterocycles. The molecule has 0 radical (unpaired) electrons. The fraction of sp³-hybridized carbons (Fsp3) is 0.143. The Bertz CT molecular complexity index is 423. The lowest BCUT2D eigenvalue weighted by Crippen LogP contribution is -2.13. The predicted molar refractivity (Wildman–Crippen MR) is 60.3 cm³/mol. The van der Waals surface area contributed by atoms with Crippen molar-refractivity contribution in [2.75, 3.05) is 11.0 Å². The van der Waals surface area contributed by atoms with Gasteiger partial charge >= 0.3 is 0 Å². The summed E-state index contributed by atoms with van der Waals surface area (Å²) >= 11 is 0. The maximum Gasteiger partial charge on any atom is 0.229 e. The first-order chi connectivity index (χ1) is 5.88. The molecule has 5 nitrogen and oxygen atoms in total. The number of nitrogens with one attached hydrogen (secondary N) is 1. The third-order valence-electron chi connectivity index (χ3n) is 1.42. The van der Waals surface area contributed by atoms with Gasteiger partial charge in [0.2, 0.25) is 10.0 Å². The maximum atomic E-state index is 13.0. The van der Waals surface area contributed by atoms with Gasteiger partial charge in [0.1, 0.15) is 13.7 Å². The van der Waals surface area contributed by atoms with Crippen molar-refractivity contribution in [1.82, 2.24) is 0 Å². The van der Waals surface area contributed by atoms with Gasteiger partial charge in [-0.1, -0.05) is 11.5 Å². The molecule has 0 bridgehead atoms. The SMILES string of the molecule is Bc1ccc(F)c(NS(C)(=O)=O)c1.O.O. The van der Waals surface area contributed by atoms with Crippen molar-refractivity contribution in [3.8, 4) is 0 Å². The second-order valence-corrected chi connectivity index (χ2v) is 4.61. The maximum absolute atomic E-state index is 13.0. The van der Waals surface area contributed by atoms with E-state index in [0.29, 0.717) is 0 Å². The molecule has 0 saturated carbocycles. The van der Waals surface area contributed by atoms with Gasteiger partial charge in [-0.15, -0.1) is 0 Å². The van der Waals surface area contributed by atoms with Gasteiger partial charge in [0, 0.05) is 0 Å². The highest BCUT2D eigenvalue weighted by molar-refractivity contribution is 7.92. The zero-order valence-corrected chi connectivity index (χ0v) is 9.15. The Balaban J connectivity index is 0. The number of rotatable bonds is 2. The predicted octanol–water partition coefficient (Wildman–Crippen LogP) is -2.19. The molecule has 0 aliphatic heterocycles. The minimum atomic E-state index is -3.41. The van der Waals surface area contributed by atoms with Crippen LogP contribution in [0.25, 0.3) is 0 Å². The minimum absolute atomic E-state index is 0. The van der Waals surface area contributed by atoms with E-state index in [1.54, 1.807) is 13.9 Å². The van der Waals surface area contributed by atoms with Gasteiger partial charge in [0.05, 0.1) is 11.9 Å². The lowest BCUT2D eigenvalue weighted by atomic mass is 9.96. The molecular formula is C7H13BFNO4S. The van der Waals surface area contributed by atoms with Crippen LogP contribution in [0.1, 0.15) is 0 Å². The molecule has 0 unspecified atom stereocenters. The number of benzene rings is 1. The van der Waals surface area contributed by atoms with Crippen molar-refractivity contribution in [3.63, 3.8) is 0 Å². The van der Waals surface area contributed by atoms with Crippen molar-refractivity contribution in [2.45, 2.75) is 0 Å². The third-order valence-corrected chi connectivity index (χ3v) is 2.01. The Morgan fingerprint density at radius 1 is 1.33 bits per heavy atom. The van der Waals surface area contributed by atoms with Crippen LogP contribution in [0.2, 0.25) is 0 Å². The zero-order chi connectivity index (χ0) is 10.1. The molecule has 1 rings (SSSR count). The lowest BCUT2D eigenvalue weighted by molar-refractivity contribution is 0.604. The van der Waals surface area contributed by atoms with Crippen molar-refractivity contribution in [2.24, 2.45) is 0 Å². The molecule has 0 fully saturated rings. The Morgan fingerprint density at radius 3 is 2.33 bits per heavy atom. The fourth-order valence-corrected chi connectivity index (χ4v) is 1.47. The largest absolute Gasteiger partial charge is 0.412 e. The summed E-state index contributed by atoms with van der Waals surface area (Å²) in [6, 6.07) is 4.24. The van der Waals surface area contributed by atoms with Crippen LogP contribution in [0, 0.1) is 5.82 Å². The van der Waals surface area contributed by atoms with Crippen molar-refractivity contribution < 1.29 is 23.8 Å². The molecule has 0 amide bonds. The Morgan fingerprint density at radius 2 is 1.87 bits per heavy atom. The Labute approximate surface area is 88.4 Å². The van der Waals surface area contributed by atoms with Gasteiger partial charge in [-0.05, 0) is 12.1 Å². The first kappa shape index (κ1) is 16.3. The van der Waals surface area contributed by atoms with Crippen LogP contribution in [0.15, 0.2) is 18.2 Å². The molecule has 1 aromatic rings. The summed E-state index contributed by atoms with van der Waals surface area (Å²) in [4.78, 5) is 0. The monoisotopic (exact) mass is 237 g/mol. The van der Waals surface area contributed by atoms with E-state index < -0.39 is 15.8 Å². The molecule has 0 heterocycles. The smallest absolute Gasteiger partial charge is 0.229 e. The highest BCUT2D eigenvalue weighted by atomic mass is 32.2. The van der Waals surface area contributed by atoms with Gasteiger partial charge in [-0.3, -0.25) is 4.72 Å². The Hall–Kier alpha value is -1.12. The molecule has 0 aliphatic carbocycles. The average molecular weight is 237 g/mol. The molecule has 8 heteroatoms. The van der Waals surface area contributed by atoms with Gasteiger partial charge in [0.25, 0.3) is 0 Å². The van der Waals surface area contributed by atoms with Crippen molar-refractivity contribution in [3.05, 3.63) is 24.0 Å². The van der Waals surface area contributed by atoms with Crippen molar-refractivity contribution in [1.29, 1.82) is 0 Å². The second kappa shape index (κ2) is 5.69. The molecule has 15 heavy (non-hydrogen) atoms. The van der Waals surface area contributed by atoms with Crippen LogP contribution in [0.4, 0.5) is 10.1 Å². The summed E-state index contributed by atoms with van der Waals surface area (Å²) in [5, 5.41) is 0. The number of anilines is 1. The first-order valence-electron chi connectivity index (χ1n) is 3.62. The molecular weight excluding hydrogens is 224 g/mol. The average Bonchev–Trinajstić information content (AvgIpc) is 1.94. The fourth-order valence-electron chi connectivity index (χ4n) is 0.917. The van der Waals surface area contributed by atoms with Crippen LogP contribution in [0.5, 0.6) is 0 Å². The molecule has 0 aliphatic rings. The number of sulfonamides is 1. The van der Waals surface area contributed by atoms with Gasteiger partial charge in [-0.2, -0.15) is 0 Å². The van der Waals surface area contributed by atoms with Crippen LogP contribution in [-0.4, -0.2) is 33.5 Å². The second-order valence-electron chi connectivity index (χ2n) is 2.86. The first-order valence-corrected chi connectivity index (χ1v) is 5.51. The summed E-state index contributed by atoms with van der Waals surface area (Å²) in [7, 11) is -1.65. The molecule has 1 aromatic carbocycles. The lowest BCUT2D eigenvalue weighted by Gasteiger charge is -2.05. The van der Waals surface area contributed by atoms with E-state index in [2.05, 4.69) is 4.72 Å². The molecule has 0 atom stereocenters. The number of hydrogen-bond donors (Lipinski definition) is 1. The van der Waals surface area contributed by atoms with Crippen LogP contribution in [0.3, 0.4) is 0 Å². The molecule has 5 N–H and O–H groups in total. The van der Waals surface area contributed by atoms with Gasteiger partial charge in [0.15, 0.2) is 0 Å². The summed E-state index contributed by atoms with van der Waals surface area (Å²) in [6.07, 6.45) is 0.981. The van der Waals surface area contributed by atoms with E-state index in [9.17, 15) is 12.8 Å². The van der Waals surface area contributed by atoms with E-state index in [1.807, 2.05) is 0 Å². The molecule has 0 spiro atoms. The molecule has 86 valence electrons. The highest BCUT2D eigenvalue weighted by Crippen LogP contribution is 2.11. The zero-order valence-electron chi connectivity index (χ0n) is 8.33. The van der Waals surface area contributed by atoms with E-state index in [-0.39, 0.29) is 16.6 Å².